The van der Waals surface area contributed by atoms with E-state index in [1.807, 2.05) is 13.8 Å². The molecule has 2 aromatic heterocycles. The van der Waals surface area contributed by atoms with E-state index in [1.165, 1.54) is 105 Å². The lowest BCUT2D eigenvalue weighted by molar-refractivity contribution is 0.564. The summed E-state index contributed by atoms with van der Waals surface area (Å²) in [6, 6.07) is 0. The third-order valence-corrected chi connectivity index (χ3v) is 6.20. The Kier molecular flexibility index (Phi) is 15.7. The van der Waals surface area contributed by atoms with Crippen molar-refractivity contribution in [1.29, 1.82) is 0 Å². The van der Waals surface area contributed by atoms with Crippen LogP contribution in [0.4, 0.5) is 0 Å². The first-order valence-corrected chi connectivity index (χ1v) is 13.9. The van der Waals surface area contributed by atoms with Gasteiger partial charge in [0.15, 0.2) is 0 Å². The van der Waals surface area contributed by atoms with Crippen molar-refractivity contribution in [3.05, 3.63) is 33.9 Å². The maximum Gasteiger partial charge on any atom is 0.0859 e. The third kappa shape index (κ3) is 9.54. The van der Waals surface area contributed by atoms with Crippen LogP contribution in [0.5, 0.6) is 0 Å². The number of rotatable bonds is 2. The molecule has 0 spiro atoms. The molecule has 33 heavy (non-hydrogen) atoms. The highest BCUT2D eigenvalue weighted by atomic mass is 15.4. The van der Waals surface area contributed by atoms with Crippen LogP contribution in [0, 0.1) is 6.92 Å². The molecule has 2 heterocycles. The van der Waals surface area contributed by atoms with E-state index in [1.54, 1.807) is 0 Å². The zero-order chi connectivity index (χ0) is 24.5. The van der Waals surface area contributed by atoms with Crippen LogP contribution in [-0.4, -0.2) is 25.2 Å². The van der Waals surface area contributed by atoms with Gasteiger partial charge in [0, 0.05) is 6.54 Å². The van der Waals surface area contributed by atoms with E-state index >= 15 is 0 Å². The van der Waals surface area contributed by atoms with Crippen LogP contribution in [0.1, 0.15) is 133 Å². The van der Waals surface area contributed by atoms with Gasteiger partial charge >= 0.3 is 0 Å². The predicted molar refractivity (Wildman–Crippen MR) is 141 cm³/mol. The maximum atomic E-state index is 4.33. The minimum absolute atomic E-state index is 0.961. The first-order valence-electron chi connectivity index (χ1n) is 13.9. The lowest BCUT2D eigenvalue weighted by atomic mass is 9.91. The first-order chi connectivity index (χ1) is 16.2. The summed E-state index contributed by atoms with van der Waals surface area (Å²) in [6.07, 6.45) is 17.7. The molecule has 4 rings (SSSR count). The van der Waals surface area contributed by atoms with Crippen LogP contribution >= 0.6 is 0 Å². The van der Waals surface area contributed by atoms with Crippen molar-refractivity contribution in [2.45, 2.75) is 145 Å². The largest absolute Gasteiger partial charge is 0.249 e. The van der Waals surface area contributed by atoms with Crippen molar-refractivity contribution in [3.8, 4) is 0 Å². The van der Waals surface area contributed by atoms with E-state index in [4.69, 9.17) is 0 Å². The quantitative estimate of drug-likeness (QED) is 0.471. The molecular weight excluding hydrogens is 406 g/mol. The Bertz CT molecular complexity index is 766. The summed E-state index contributed by atoms with van der Waals surface area (Å²) in [7, 11) is 0. The predicted octanol–water partition coefficient (Wildman–Crippen LogP) is 7.41. The second kappa shape index (κ2) is 17.7. The topological polar surface area (TPSA) is 56.5 Å². The van der Waals surface area contributed by atoms with Gasteiger partial charge in [-0.05, 0) is 82.8 Å². The summed E-state index contributed by atoms with van der Waals surface area (Å²) in [6.45, 7) is 15.6. The van der Waals surface area contributed by atoms with Gasteiger partial charge in [0.05, 0.1) is 22.8 Å². The van der Waals surface area contributed by atoms with Gasteiger partial charge in [-0.2, -0.15) is 10.2 Å². The van der Waals surface area contributed by atoms with Crippen molar-refractivity contribution in [2.75, 3.05) is 0 Å². The van der Waals surface area contributed by atoms with E-state index in [9.17, 15) is 0 Å². The smallest absolute Gasteiger partial charge is 0.0859 e. The normalized spacial score (nSPS) is 15.2. The molecule has 0 amide bonds. The van der Waals surface area contributed by atoms with Gasteiger partial charge in [0.25, 0.3) is 0 Å². The lowest BCUT2D eigenvalue weighted by Crippen LogP contribution is -2.10. The van der Waals surface area contributed by atoms with Crippen molar-refractivity contribution in [3.63, 3.8) is 0 Å². The van der Waals surface area contributed by atoms with Gasteiger partial charge in [0.1, 0.15) is 0 Å². The molecule has 0 radical (unpaired) electrons. The summed E-state index contributed by atoms with van der Waals surface area (Å²) in [5, 5.41) is 17.0. The Hall–Kier alpha value is -1.78. The van der Waals surface area contributed by atoms with Crippen molar-refractivity contribution in [2.24, 2.45) is 0 Å². The number of aryl methyl sites for hydroxylation is 4. The molecule has 0 bridgehead atoms. The summed E-state index contributed by atoms with van der Waals surface area (Å²) in [5.41, 5.74) is 8.05. The molecule has 2 aliphatic rings. The molecule has 0 aromatic carbocycles. The average Bonchev–Trinajstić information content (AvgIpc) is 3.17. The number of fused-ring (bicyclic) bond motifs is 2. The molecule has 188 valence electrons. The SMILES string of the molecule is CC.CCC.CCc1nnc(C)c2c1CCCCCC2.CCn1nnc2c1CCCCCC2. The van der Waals surface area contributed by atoms with Gasteiger partial charge in [-0.15, -0.1) is 5.10 Å². The van der Waals surface area contributed by atoms with Crippen LogP contribution in [-0.2, 0) is 38.6 Å². The van der Waals surface area contributed by atoms with E-state index in [0.717, 1.165) is 25.1 Å². The molecule has 0 N–H and O–H groups in total. The second-order valence-electron chi connectivity index (χ2n) is 8.88. The first kappa shape index (κ1) is 29.3. The molecule has 2 aliphatic carbocycles. The second-order valence-corrected chi connectivity index (χ2v) is 8.88. The highest BCUT2D eigenvalue weighted by Gasteiger charge is 2.15. The van der Waals surface area contributed by atoms with Gasteiger partial charge < -0.3 is 0 Å². The fourth-order valence-electron chi connectivity index (χ4n) is 4.55. The molecule has 0 atom stereocenters. The molecule has 0 saturated heterocycles. The van der Waals surface area contributed by atoms with E-state index in [-0.39, 0.29) is 0 Å². The summed E-state index contributed by atoms with van der Waals surface area (Å²) in [4.78, 5) is 0. The van der Waals surface area contributed by atoms with Crippen LogP contribution in [0.2, 0.25) is 0 Å². The van der Waals surface area contributed by atoms with Crippen molar-refractivity contribution >= 4 is 0 Å². The fourth-order valence-corrected chi connectivity index (χ4v) is 4.55. The minimum atomic E-state index is 0.961. The minimum Gasteiger partial charge on any atom is -0.249 e. The Morgan fingerprint density at radius 3 is 1.79 bits per heavy atom. The molecular formula is C28H51N5. The molecule has 5 nitrogen and oxygen atoms in total. The van der Waals surface area contributed by atoms with Crippen molar-refractivity contribution < 1.29 is 0 Å². The molecule has 5 heteroatoms. The summed E-state index contributed by atoms with van der Waals surface area (Å²) >= 11 is 0. The Morgan fingerprint density at radius 2 is 1.21 bits per heavy atom. The van der Waals surface area contributed by atoms with Crippen LogP contribution in [0.3, 0.4) is 0 Å². The molecule has 0 saturated carbocycles. The summed E-state index contributed by atoms with van der Waals surface area (Å²) < 4.78 is 2.06. The number of hydrogen-bond acceptors (Lipinski definition) is 4. The van der Waals surface area contributed by atoms with E-state index in [2.05, 4.69) is 59.8 Å². The molecule has 0 unspecified atom stereocenters. The Labute approximate surface area is 204 Å². The fraction of sp³-hybridized carbons (Fsp3) is 0.786. The molecule has 0 fully saturated rings. The third-order valence-electron chi connectivity index (χ3n) is 6.20. The highest BCUT2D eigenvalue weighted by Crippen LogP contribution is 2.24. The van der Waals surface area contributed by atoms with E-state index < -0.39 is 0 Å². The average molecular weight is 458 g/mol. The standard InChI is InChI=1S/C13H20N2.C10H17N3.C3H8.C2H6/c1-3-13-12-9-7-5-4-6-8-11(12)10(2)14-15-13;1-2-13-10-8-6-4-3-5-7-9(10)11-12-13;1-3-2;1-2/h3-9H2,1-2H3;2-8H2,1H3;3H2,1-2H3;1-2H3. The number of aromatic nitrogens is 5. The van der Waals surface area contributed by atoms with Gasteiger partial charge in [-0.3, -0.25) is 0 Å². The zero-order valence-corrected chi connectivity index (χ0v) is 22.8. The lowest BCUT2D eigenvalue weighted by Gasteiger charge is -2.17. The summed E-state index contributed by atoms with van der Waals surface area (Å²) in [5.74, 6) is 0. The van der Waals surface area contributed by atoms with Crippen LogP contribution < -0.4 is 0 Å². The van der Waals surface area contributed by atoms with E-state index in [0.29, 0.717) is 0 Å². The van der Waals surface area contributed by atoms with Crippen LogP contribution in [0.25, 0.3) is 0 Å². The van der Waals surface area contributed by atoms with Crippen LogP contribution in [0.15, 0.2) is 0 Å². The molecule has 2 aromatic rings. The van der Waals surface area contributed by atoms with Gasteiger partial charge in [-0.1, -0.05) is 71.9 Å². The molecule has 0 aliphatic heterocycles. The zero-order valence-electron chi connectivity index (χ0n) is 22.8. The van der Waals surface area contributed by atoms with Gasteiger partial charge in [0.2, 0.25) is 0 Å². The number of hydrogen-bond donors (Lipinski definition) is 0. The maximum absolute atomic E-state index is 4.33. The Morgan fingerprint density at radius 1 is 0.667 bits per heavy atom. The van der Waals surface area contributed by atoms with Crippen molar-refractivity contribution in [1.82, 2.24) is 25.2 Å². The number of nitrogens with zero attached hydrogens (tertiary/aromatic N) is 5. The van der Waals surface area contributed by atoms with Gasteiger partial charge in [-0.25, -0.2) is 4.68 Å². The Balaban J connectivity index is 0.000000278. The highest BCUT2D eigenvalue weighted by molar-refractivity contribution is 5.33. The monoisotopic (exact) mass is 457 g/mol.